The number of hydrogen-bond donors (Lipinski definition) is 0. The highest BCUT2D eigenvalue weighted by Crippen LogP contribution is 2.15. The molecule has 68 valence electrons. The van der Waals surface area contributed by atoms with Gasteiger partial charge in [0.05, 0.1) is 5.70 Å². The molecule has 3 heteroatoms. The van der Waals surface area contributed by atoms with E-state index in [1.54, 1.807) is 23.1 Å². The molecule has 0 aromatic rings. The second-order valence-electron chi connectivity index (χ2n) is 2.63. The van der Waals surface area contributed by atoms with E-state index in [9.17, 15) is 0 Å². The Morgan fingerprint density at radius 1 is 1.43 bits per heavy atom. The van der Waals surface area contributed by atoms with Gasteiger partial charge in [-0.25, -0.2) is 0 Å². The minimum absolute atomic E-state index is 0.118. The number of rotatable bonds is 2. The van der Waals surface area contributed by atoms with Gasteiger partial charge in [0.2, 0.25) is 0 Å². The van der Waals surface area contributed by atoms with Crippen LogP contribution in [-0.2, 0) is 0 Å². The molecule has 0 saturated carbocycles. The molecule has 0 bridgehead atoms. The Morgan fingerprint density at radius 3 is 2.71 bits per heavy atom. The van der Waals surface area contributed by atoms with Crippen molar-refractivity contribution in [3.63, 3.8) is 0 Å². The third kappa shape index (κ3) is 1.91. The normalized spacial score (nSPS) is 13.3. The lowest BCUT2D eigenvalue weighted by molar-refractivity contribution is 0.527. The molecule has 0 fully saturated rings. The van der Waals surface area contributed by atoms with Gasteiger partial charge in [-0.15, -0.1) is 6.58 Å². The van der Waals surface area contributed by atoms with Crippen LogP contribution in [0.4, 0.5) is 0 Å². The first-order valence-corrected chi connectivity index (χ1v) is 4.10. The van der Waals surface area contributed by atoms with Crippen LogP contribution in [0.25, 0.3) is 0 Å². The second kappa shape index (κ2) is 4.69. The fourth-order valence-corrected chi connectivity index (χ4v) is 1.14. The average Bonchev–Trinajstić information content (AvgIpc) is 2.23. The van der Waals surface area contributed by atoms with Crippen molar-refractivity contribution in [2.75, 3.05) is 6.54 Å². The van der Waals surface area contributed by atoms with E-state index in [-0.39, 0.29) is 5.57 Å². The van der Waals surface area contributed by atoms with Gasteiger partial charge in [-0.3, -0.25) is 0 Å². The van der Waals surface area contributed by atoms with Crippen LogP contribution < -0.4 is 0 Å². The summed E-state index contributed by atoms with van der Waals surface area (Å²) in [5, 5.41) is 17.4. The molecule has 0 amide bonds. The van der Waals surface area contributed by atoms with E-state index in [1.807, 2.05) is 24.4 Å². The molecule has 0 aromatic heterocycles. The zero-order valence-electron chi connectivity index (χ0n) is 7.64. The van der Waals surface area contributed by atoms with Crippen LogP contribution in [-0.4, -0.2) is 11.4 Å². The zero-order chi connectivity index (χ0) is 10.4. The molecule has 0 radical (unpaired) electrons. The molecule has 14 heavy (non-hydrogen) atoms. The van der Waals surface area contributed by atoms with Crippen molar-refractivity contribution < 1.29 is 0 Å². The molecule has 1 aliphatic rings. The highest BCUT2D eigenvalue weighted by atomic mass is 15.1. The second-order valence-corrected chi connectivity index (χ2v) is 2.63. The van der Waals surface area contributed by atoms with Gasteiger partial charge >= 0.3 is 0 Å². The van der Waals surface area contributed by atoms with Gasteiger partial charge in [0, 0.05) is 12.7 Å². The van der Waals surface area contributed by atoms with Crippen molar-refractivity contribution >= 4 is 0 Å². The van der Waals surface area contributed by atoms with E-state index >= 15 is 0 Å². The molecule has 0 unspecified atom stereocenters. The molecule has 0 saturated heterocycles. The summed E-state index contributed by atoms with van der Waals surface area (Å²) in [7, 11) is 0. The van der Waals surface area contributed by atoms with E-state index in [0.717, 1.165) is 0 Å². The maximum atomic E-state index is 8.72. The Labute approximate surface area is 83.2 Å². The quantitative estimate of drug-likeness (QED) is 0.485. The molecule has 1 heterocycles. The third-order valence-corrected chi connectivity index (χ3v) is 1.75. The highest BCUT2D eigenvalue weighted by Gasteiger charge is 2.10. The zero-order valence-corrected chi connectivity index (χ0v) is 7.64. The van der Waals surface area contributed by atoms with E-state index < -0.39 is 0 Å². The van der Waals surface area contributed by atoms with Crippen LogP contribution in [0.1, 0.15) is 0 Å². The van der Waals surface area contributed by atoms with Gasteiger partial charge in [-0.05, 0) is 12.2 Å². The predicted octanol–water partition coefficient (Wildman–Crippen LogP) is 1.86. The lowest BCUT2D eigenvalue weighted by Crippen LogP contribution is -2.18. The molecule has 0 N–H and O–H groups in total. The number of hydrogen-bond acceptors (Lipinski definition) is 3. The third-order valence-electron chi connectivity index (χ3n) is 1.75. The maximum Gasteiger partial charge on any atom is 0.153 e. The first-order chi connectivity index (χ1) is 6.83. The lowest BCUT2D eigenvalue weighted by Gasteiger charge is -2.21. The monoisotopic (exact) mass is 183 g/mol. The van der Waals surface area contributed by atoms with Crippen molar-refractivity contribution in [2.45, 2.75) is 0 Å². The van der Waals surface area contributed by atoms with Crippen molar-refractivity contribution in [2.24, 2.45) is 0 Å². The average molecular weight is 183 g/mol. The molecule has 0 spiro atoms. The van der Waals surface area contributed by atoms with Gasteiger partial charge in [-0.2, -0.15) is 10.5 Å². The fraction of sp³-hybridized carbons (Fsp3) is 0.0909. The van der Waals surface area contributed by atoms with Crippen LogP contribution in [0.5, 0.6) is 0 Å². The lowest BCUT2D eigenvalue weighted by atomic mass is 10.1. The summed E-state index contributed by atoms with van der Waals surface area (Å²) < 4.78 is 0. The number of allylic oxidation sites excluding steroid dienone is 4. The predicted molar refractivity (Wildman–Crippen MR) is 53.4 cm³/mol. The highest BCUT2D eigenvalue weighted by molar-refractivity contribution is 5.46. The van der Waals surface area contributed by atoms with Crippen molar-refractivity contribution in [1.29, 1.82) is 10.5 Å². The smallest absolute Gasteiger partial charge is 0.153 e. The minimum Gasteiger partial charge on any atom is -0.343 e. The van der Waals surface area contributed by atoms with Crippen molar-refractivity contribution in [1.82, 2.24) is 4.90 Å². The van der Waals surface area contributed by atoms with Gasteiger partial charge in [0.15, 0.2) is 5.57 Å². The fourth-order valence-electron chi connectivity index (χ4n) is 1.14. The molecular weight excluding hydrogens is 174 g/mol. The summed E-state index contributed by atoms with van der Waals surface area (Å²) in [5.41, 5.74) is 0.741. The maximum absolute atomic E-state index is 8.72. The molecule has 1 aliphatic heterocycles. The molecule has 0 aromatic carbocycles. The van der Waals surface area contributed by atoms with Gasteiger partial charge < -0.3 is 4.90 Å². The Morgan fingerprint density at radius 2 is 2.14 bits per heavy atom. The summed E-state index contributed by atoms with van der Waals surface area (Å²) in [5.74, 6) is 0. The summed E-state index contributed by atoms with van der Waals surface area (Å²) in [6.07, 6.45) is 8.91. The summed E-state index contributed by atoms with van der Waals surface area (Å²) >= 11 is 0. The SMILES string of the molecule is C=CCN1C=CC=CC1=C(C#N)C#N. The van der Waals surface area contributed by atoms with Crippen LogP contribution in [0, 0.1) is 22.7 Å². The van der Waals surface area contributed by atoms with E-state index in [1.165, 1.54) is 0 Å². The molecule has 1 rings (SSSR count). The van der Waals surface area contributed by atoms with Crippen molar-refractivity contribution in [3.8, 4) is 12.1 Å². The summed E-state index contributed by atoms with van der Waals surface area (Å²) in [6, 6.07) is 3.73. The molecule has 0 aliphatic carbocycles. The Hall–Kier alpha value is -2.26. The van der Waals surface area contributed by atoms with Gasteiger partial charge in [0.25, 0.3) is 0 Å². The summed E-state index contributed by atoms with van der Waals surface area (Å²) in [6.45, 7) is 4.20. The first-order valence-electron chi connectivity index (χ1n) is 4.10. The Kier molecular flexibility index (Phi) is 3.29. The number of nitrogens with zero attached hydrogens (tertiary/aromatic N) is 3. The standard InChI is InChI=1S/C11H9N3/c1-2-6-14-7-4-3-5-11(14)10(8-12)9-13/h2-5,7H,1,6H2. The van der Waals surface area contributed by atoms with E-state index in [2.05, 4.69) is 6.58 Å². The number of nitriles is 2. The Bertz CT molecular complexity index is 383. The molecular formula is C11H9N3. The van der Waals surface area contributed by atoms with Crippen LogP contribution in [0.3, 0.4) is 0 Å². The van der Waals surface area contributed by atoms with E-state index in [0.29, 0.717) is 12.2 Å². The molecule has 0 atom stereocenters. The minimum atomic E-state index is 0.118. The van der Waals surface area contributed by atoms with E-state index in [4.69, 9.17) is 10.5 Å². The largest absolute Gasteiger partial charge is 0.343 e. The molecule has 3 nitrogen and oxygen atoms in total. The van der Waals surface area contributed by atoms with Crippen molar-refractivity contribution in [3.05, 3.63) is 48.4 Å². The Balaban J connectivity index is 3.09. The topological polar surface area (TPSA) is 50.8 Å². The first kappa shape index (κ1) is 9.83. The van der Waals surface area contributed by atoms with Crippen LogP contribution in [0.2, 0.25) is 0 Å². The summed E-state index contributed by atoms with van der Waals surface area (Å²) in [4.78, 5) is 1.80. The van der Waals surface area contributed by atoms with Gasteiger partial charge in [0.1, 0.15) is 12.1 Å². The van der Waals surface area contributed by atoms with Crippen LogP contribution >= 0.6 is 0 Å². The van der Waals surface area contributed by atoms with Gasteiger partial charge in [-0.1, -0.05) is 12.2 Å². The van der Waals surface area contributed by atoms with Crippen LogP contribution in [0.15, 0.2) is 48.4 Å².